The van der Waals surface area contributed by atoms with Crippen LogP contribution in [0.15, 0.2) is 72.8 Å². The Labute approximate surface area is 218 Å². The number of carbonyl (C=O) groups is 1. The largest absolute Gasteiger partial charge is 0.497 e. The van der Waals surface area contributed by atoms with Crippen molar-refractivity contribution in [2.45, 2.75) is 19.3 Å². The summed E-state index contributed by atoms with van der Waals surface area (Å²) in [6.07, 6.45) is 3.36. The standard InChI is InChI=1S/C29H32N2O4S/c1-33-25-11-9-24(10-12-25)30-28(32)20-35-26-13-8-23(19-27(26)34-2)29(36)31-16-14-22(15-17-31)18-21-6-4-3-5-7-21/h3-13,19,22H,14-18,20H2,1-2H3,(H,30,32). The fourth-order valence-corrected chi connectivity index (χ4v) is 4.71. The number of ether oxygens (including phenoxy) is 3. The molecule has 0 atom stereocenters. The van der Waals surface area contributed by atoms with Crippen molar-refractivity contribution in [1.82, 2.24) is 4.90 Å². The van der Waals surface area contributed by atoms with Gasteiger partial charge in [-0.1, -0.05) is 42.5 Å². The van der Waals surface area contributed by atoms with E-state index in [-0.39, 0.29) is 12.5 Å². The quantitative estimate of drug-likeness (QED) is 0.397. The molecule has 0 radical (unpaired) electrons. The molecule has 1 amide bonds. The van der Waals surface area contributed by atoms with Gasteiger partial charge in [-0.2, -0.15) is 0 Å². The SMILES string of the molecule is COc1ccc(NC(=O)COc2ccc(C(=S)N3CCC(Cc4ccccc4)CC3)cc2OC)cc1. The van der Waals surface area contributed by atoms with Crippen LogP contribution in [0.5, 0.6) is 17.2 Å². The van der Waals surface area contributed by atoms with Gasteiger partial charge in [-0.05, 0) is 73.2 Å². The molecule has 3 aromatic carbocycles. The molecular weight excluding hydrogens is 472 g/mol. The lowest BCUT2D eigenvalue weighted by Crippen LogP contribution is -2.38. The van der Waals surface area contributed by atoms with Gasteiger partial charge in [-0.3, -0.25) is 4.79 Å². The molecule has 0 spiro atoms. The van der Waals surface area contributed by atoms with E-state index >= 15 is 0 Å². The molecule has 1 aliphatic rings. The first-order valence-electron chi connectivity index (χ1n) is 12.1. The fourth-order valence-electron chi connectivity index (χ4n) is 4.40. The van der Waals surface area contributed by atoms with Crippen LogP contribution >= 0.6 is 12.2 Å². The minimum atomic E-state index is -0.264. The van der Waals surface area contributed by atoms with Crippen LogP contribution in [0.2, 0.25) is 0 Å². The Morgan fingerprint density at radius 1 is 0.944 bits per heavy atom. The van der Waals surface area contributed by atoms with Crippen LogP contribution in [-0.4, -0.2) is 49.7 Å². The zero-order valence-corrected chi connectivity index (χ0v) is 21.6. The van der Waals surface area contributed by atoms with E-state index in [9.17, 15) is 4.79 Å². The lowest BCUT2D eigenvalue weighted by Gasteiger charge is -2.34. The number of thiocarbonyl (C=S) groups is 1. The Hall–Kier alpha value is -3.58. The van der Waals surface area contributed by atoms with Crippen molar-refractivity contribution in [3.63, 3.8) is 0 Å². The van der Waals surface area contributed by atoms with Gasteiger partial charge in [0, 0.05) is 24.3 Å². The predicted molar refractivity (Wildman–Crippen MR) is 146 cm³/mol. The normalized spacial score (nSPS) is 13.7. The number of nitrogens with one attached hydrogen (secondary N) is 1. The number of methoxy groups -OCH3 is 2. The predicted octanol–water partition coefficient (Wildman–Crippen LogP) is 5.35. The molecule has 0 bridgehead atoms. The Bertz CT molecular complexity index is 1160. The van der Waals surface area contributed by atoms with E-state index in [1.165, 1.54) is 5.56 Å². The molecule has 0 aromatic heterocycles. The number of hydrogen-bond acceptors (Lipinski definition) is 5. The Kier molecular flexibility index (Phi) is 8.79. The Morgan fingerprint density at radius 3 is 2.33 bits per heavy atom. The summed E-state index contributed by atoms with van der Waals surface area (Å²) in [5, 5.41) is 2.80. The summed E-state index contributed by atoms with van der Waals surface area (Å²) in [7, 11) is 3.18. The smallest absolute Gasteiger partial charge is 0.262 e. The highest BCUT2D eigenvalue weighted by molar-refractivity contribution is 7.80. The number of benzene rings is 3. The maximum atomic E-state index is 12.3. The topological polar surface area (TPSA) is 60.0 Å². The average molecular weight is 505 g/mol. The third-order valence-corrected chi connectivity index (χ3v) is 6.91. The number of anilines is 1. The second-order valence-electron chi connectivity index (χ2n) is 8.86. The summed E-state index contributed by atoms with van der Waals surface area (Å²) in [5.41, 5.74) is 2.99. The maximum absolute atomic E-state index is 12.3. The first-order valence-corrected chi connectivity index (χ1v) is 12.5. The van der Waals surface area contributed by atoms with E-state index in [4.69, 9.17) is 26.4 Å². The third-order valence-electron chi connectivity index (χ3n) is 6.41. The molecule has 7 heteroatoms. The van der Waals surface area contributed by atoms with Crippen molar-refractivity contribution in [2.75, 3.05) is 39.2 Å². The summed E-state index contributed by atoms with van der Waals surface area (Å²) in [6, 6.07) is 23.4. The van der Waals surface area contributed by atoms with Gasteiger partial charge in [0.25, 0.3) is 5.91 Å². The first kappa shape index (κ1) is 25.5. The Morgan fingerprint density at radius 2 is 1.67 bits per heavy atom. The molecule has 6 nitrogen and oxygen atoms in total. The van der Waals surface area contributed by atoms with Crippen molar-refractivity contribution >= 4 is 28.8 Å². The molecule has 36 heavy (non-hydrogen) atoms. The molecule has 1 heterocycles. The summed E-state index contributed by atoms with van der Waals surface area (Å²) in [4.78, 5) is 15.4. The van der Waals surface area contributed by atoms with Gasteiger partial charge in [0.15, 0.2) is 18.1 Å². The average Bonchev–Trinajstić information content (AvgIpc) is 2.93. The monoisotopic (exact) mass is 504 g/mol. The zero-order chi connectivity index (χ0) is 25.3. The molecule has 0 unspecified atom stereocenters. The van der Waals surface area contributed by atoms with Crippen LogP contribution in [0, 0.1) is 5.92 Å². The van der Waals surface area contributed by atoms with E-state index in [1.54, 1.807) is 38.5 Å². The van der Waals surface area contributed by atoms with Crippen LogP contribution < -0.4 is 19.5 Å². The number of amides is 1. The van der Waals surface area contributed by atoms with Gasteiger partial charge >= 0.3 is 0 Å². The van der Waals surface area contributed by atoms with Crippen molar-refractivity contribution in [3.05, 3.63) is 83.9 Å². The van der Waals surface area contributed by atoms with Crippen molar-refractivity contribution < 1.29 is 19.0 Å². The van der Waals surface area contributed by atoms with Crippen molar-refractivity contribution in [1.29, 1.82) is 0 Å². The minimum Gasteiger partial charge on any atom is -0.497 e. The van der Waals surface area contributed by atoms with Crippen LogP contribution in [0.1, 0.15) is 24.0 Å². The zero-order valence-electron chi connectivity index (χ0n) is 20.7. The molecule has 1 fully saturated rings. The highest BCUT2D eigenvalue weighted by atomic mass is 32.1. The van der Waals surface area contributed by atoms with Gasteiger partial charge in [0.2, 0.25) is 0 Å². The second-order valence-corrected chi connectivity index (χ2v) is 9.24. The van der Waals surface area contributed by atoms with Gasteiger partial charge in [-0.15, -0.1) is 0 Å². The van der Waals surface area contributed by atoms with Crippen LogP contribution in [0.4, 0.5) is 5.69 Å². The number of piperidine rings is 1. The summed E-state index contributed by atoms with van der Waals surface area (Å²) < 4.78 is 16.4. The van der Waals surface area contributed by atoms with Gasteiger partial charge in [0.05, 0.1) is 14.2 Å². The van der Waals surface area contributed by atoms with Gasteiger partial charge in [-0.25, -0.2) is 0 Å². The number of likely N-dealkylation sites (tertiary alicyclic amines) is 1. The van der Waals surface area contributed by atoms with E-state index in [0.717, 1.165) is 48.7 Å². The summed E-state index contributed by atoms with van der Waals surface area (Å²) >= 11 is 5.81. The molecule has 1 N–H and O–H groups in total. The van der Waals surface area contributed by atoms with E-state index < -0.39 is 0 Å². The minimum absolute atomic E-state index is 0.138. The van der Waals surface area contributed by atoms with E-state index in [0.29, 0.717) is 23.1 Å². The Balaban J connectivity index is 1.30. The van der Waals surface area contributed by atoms with Crippen molar-refractivity contribution in [3.8, 4) is 17.2 Å². The molecule has 0 aliphatic carbocycles. The van der Waals surface area contributed by atoms with E-state index in [1.807, 2.05) is 18.2 Å². The second kappa shape index (κ2) is 12.4. The van der Waals surface area contributed by atoms with Crippen LogP contribution in [0.25, 0.3) is 0 Å². The number of rotatable bonds is 9. The lowest BCUT2D eigenvalue weighted by molar-refractivity contribution is -0.118. The molecule has 1 saturated heterocycles. The molecule has 4 rings (SSSR count). The summed E-state index contributed by atoms with van der Waals surface area (Å²) in [6.45, 7) is 1.76. The number of hydrogen-bond donors (Lipinski definition) is 1. The highest BCUT2D eigenvalue weighted by Crippen LogP contribution is 2.30. The molecule has 1 aliphatic heterocycles. The van der Waals surface area contributed by atoms with Crippen LogP contribution in [-0.2, 0) is 11.2 Å². The highest BCUT2D eigenvalue weighted by Gasteiger charge is 2.22. The third kappa shape index (κ3) is 6.76. The lowest BCUT2D eigenvalue weighted by atomic mass is 9.90. The fraction of sp³-hybridized carbons (Fsp3) is 0.310. The number of nitrogens with zero attached hydrogens (tertiary/aromatic N) is 1. The molecule has 188 valence electrons. The van der Waals surface area contributed by atoms with Gasteiger partial charge < -0.3 is 24.4 Å². The number of carbonyl (C=O) groups excluding carboxylic acids is 1. The van der Waals surface area contributed by atoms with Crippen LogP contribution in [0.3, 0.4) is 0 Å². The molecule has 3 aromatic rings. The molecule has 0 saturated carbocycles. The summed E-state index contributed by atoms with van der Waals surface area (Å²) in [5.74, 6) is 2.19. The van der Waals surface area contributed by atoms with Crippen molar-refractivity contribution in [2.24, 2.45) is 5.92 Å². The van der Waals surface area contributed by atoms with Gasteiger partial charge in [0.1, 0.15) is 10.7 Å². The van der Waals surface area contributed by atoms with E-state index in [2.05, 4.69) is 40.5 Å². The maximum Gasteiger partial charge on any atom is 0.262 e. The molecular formula is C29H32N2O4S. The first-order chi connectivity index (χ1) is 17.6.